The summed E-state index contributed by atoms with van der Waals surface area (Å²) < 4.78 is 5.26. The molecule has 0 unspecified atom stereocenters. The number of amides is 2. The summed E-state index contributed by atoms with van der Waals surface area (Å²) >= 11 is 0. The molecule has 6 heteroatoms. The molecule has 2 aromatic carbocycles. The first-order valence-corrected chi connectivity index (χ1v) is 8.23. The Hall–Kier alpha value is -3.15. The van der Waals surface area contributed by atoms with Crippen molar-refractivity contribution < 1.29 is 19.1 Å². The van der Waals surface area contributed by atoms with E-state index in [1.807, 2.05) is 26.0 Å². The molecule has 0 aliphatic heterocycles. The van der Waals surface area contributed by atoms with Gasteiger partial charge in [0.05, 0.1) is 5.56 Å². The van der Waals surface area contributed by atoms with Crippen LogP contribution in [0.4, 0.5) is 11.4 Å². The molecule has 2 rings (SSSR count). The van der Waals surface area contributed by atoms with E-state index < -0.39 is 18.0 Å². The number of hydrogen-bond donors (Lipinski definition) is 2. The summed E-state index contributed by atoms with van der Waals surface area (Å²) in [7, 11) is 0. The third kappa shape index (κ3) is 5.17. The van der Waals surface area contributed by atoms with Crippen molar-refractivity contribution in [3.63, 3.8) is 0 Å². The van der Waals surface area contributed by atoms with Crippen molar-refractivity contribution >= 4 is 29.2 Å². The highest BCUT2D eigenvalue weighted by Crippen LogP contribution is 2.16. The zero-order valence-corrected chi connectivity index (χ0v) is 15.3. The van der Waals surface area contributed by atoms with Crippen molar-refractivity contribution in [2.75, 3.05) is 10.6 Å². The molecule has 0 bridgehead atoms. The normalized spacial score (nSPS) is 11.4. The molecule has 0 heterocycles. The molecule has 136 valence electrons. The van der Waals surface area contributed by atoms with Gasteiger partial charge in [-0.1, -0.05) is 17.7 Å². The monoisotopic (exact) mass is 354 g/mol. The maximum Gasteiger partial charge on any atom is 0.339 e. The van der Waals surface area contributed by atoms with Gasteiger partial charge in [0.15, 0.2) is 6.10 Å². The van der Waals surface area contributed by atoms with Crippen LogP contribution >= 0.6 is 0 Å². The van der Waals surface area contributed by atoms with E-state index in [1.54, 1.807) is 30.3 Å². The van der Waals surface area contributed by atoms with Crippen molar-refractivity contribution in [3.05, 3.63) is 59.2 Å². The van der Waals surface area contributed by atoms with E-state index >= 15 is 0 Å². The molecule has 0 aliphatic rings. The zero-order chi connectivity index (χ0) is 19.3. The van der Waals surface area contributed by atoms with Crippen LogP contribution in [0.15, 0.2) is 42.5 Å². The summed E-state index contributed by atoms with van der Waals surface area (Å²) in [4.78, 5) is 35.5. The van der Waals surface area contributed by atoms with Crippen LogP contribution in [0, 0.1) is 13.8 Å². The van der Waals surface area contributed by atoms with Crippen molar-refractivity contribution in [1.82, 2.24) is 0 Å². The van der Waals surface area contributed by atoms with E-state index in [0.717, 1.165) is 11.1 Å². The van der Waals surface area contributed by atoms with Gasteiger partial charge in [-0.05, 0) is 56.7 Å². The van der Waals surface area contributed by atoms with E-state index in [-0.39, 0.29) is 5.91 Å². The van der Waals surface area contributed by atoms with Crippen LogP contribution in [0.3, 0.4) is 0 Å². The summed E-state index contributed by atoms with van der Waals surface area (Å²) in [5.74, 6) is -1.14. The highest BCUT2D eigenvalue weighted by Gasteiger charge is 2.20. The second kappa shape index (κ2) is 8.29. The van der Waals surface area contributed by atoms with Crippen LogP contribution in [0.1, 0.15) is 35.3 Å². The Morgan fingerprint density at radius 3 is 2.04 bits per heavy atom. The second-order valence-corrected chi connectivity index (χ2v) is 6.11. The predicted molar refractivity (Wildman–Crippen MR) is 100 cm³/mol. The van der Waals surface area contributed by atoms with Gasteiger partial charge in [-0.15, -0.1) is 0 Å². The predicted octanol–water partition coefficient (Wildman–Crippen LogP) is 3.45. The molecule has 2 amide bonds. The Kier molecular flexibility index (Phi) is 6.11. The van der Waals surface area contributed by atoms with E-state index in [9.17, 15) is 14.4 Å². The Morgan fingerprint density at radius 2 is 1.50 bits per heavy atom. The molecule has 0 saturated carbocycles. The highest BCUT2D eigenvalue weighted by atomic mass is 16.5. The lowest BCUT2D eigenvalue weighted by atomic mass is 10.1. The molecule has 0 fully saturated rings. The topological polar surface area (TPSA) is 84.5 Å². The zero-order valence-electron chi connectivity index (χ0n) is 15.3. The van der Waals surface area contributed by atoms with Gasteiger partial charge in [-0.3, -0.25) is 9.59 Å². The standard InChI is InChI=1S/C20H22N2O4/c1-12-5-10-18(13(2)11-12)20(25)26-14(3)19(24)22-17-8-6-16(7-9-17)21-15(4)23/h5-11,14H,1-4H3,(H,21,23)(H,22,24)/t14-/m0/s1. The van der Waals surface area contributed by atoms with Crippen LogP contribution in [0.2, 0.25) is 0 Å². The van der Waals surface area contributed by atoms with Crippen LogP contribution in [0.25, 0.3) is 0 Å². The largest absolute Gasteiger partial charge is 0.449 e. The van der Waals surface area contributed by atoms with Gasteiger partial charge in [0.25, 0.3) is 5.91 Å². The van der Waals surface area contributed by atoms with Crippen molar-refractivity contribution in [2.45, 2.75) is 33.8 Å². The number of ether oxygens (including phenoxy) is 1. The first-order chi connectivity index (χ1) is 12.3. The Bertz CT molecular complexity index is 828. The van der Waals surface area contributed by atoms with Crippen LogP contribution < -0.4 is 10.6 Å². The highest BCUT2D eigenvalue weighted by molar-refractivity contribution is 5.98. The number of rotatable bonds is 5. The van der Waals surface area contributed by atoms with Gasteiger partial charge in [0, 0.05) is 18.3 Å². The lowest BCUT2D eigenvalue weighted by Crippen LogP contribution is -2.30. The van der Waals surface area contributed by atoms with Crippen LogP contribution in [-0.2, 0) is 14.3 Å². The molecule has 0 radical (unpaired) electrons. The minimum atomic E-state index is -0.946. The smallest absolute Gasteiger partial charge is 0.339 e. The molecular weight excluding hydrogens is 332 g/mol. The quantitative estimate of drug-likeness (QED) is 0.806. The number of nitrogens with one attached hydrogen (secondary N) is 2. The number of carbonyl (C=O) groups is 3. The lowest BCUT2D eigenvalue weighted by Gasteiger charge is -2.15. The average molecular weight is 354 g/mol. The summed E-state index contributed by atoms with van der Waals surface area (Å²) in [6, 6.07) is 12.1. The van der Waals surface area contributed by atoms with Gasteiger partial charge in [0.2, 0.25) is 5.91 Å². The number of carbonyl (C=O) groups excluding carboxylic acids is 3. The van der Waals surface area contributed by atoms with E-state index in [4.69, 9.17) is 4.74 Å². The summed E-state index contributed by atoms with van der Waals surface area (Å²) in [5.41, 5.74) is 3.46. The number of aryl methyl sites for hydroxylation is 2. The van der Waals surface area contributed by atoms with E-state index in [1.165, 1.54) is 13.8 Å². The van der Waals surface area contributed by atoms with Gasteiger partial charge in [0.1, 0.15) is 0 Å². The molecule has 1 atom stereocenters. The molecule has 0 spiro atoms. The van der Waals surface area contributed by atoms with E-state index in [2.05, 4.69) is 10.6 Å². The second-order valence-electron chi connectivity index (χ2n) is 6.11. The Balaban J connectivity index is 1.96. The maximum absolute atomic E-state index is 12.2. The fraction of sp³-hybridized carbons (Fsp3) is 0.250. The molecule has 0 saturated heterocycles. The molecule has 0 aromatic heterocycles. The van der Waals surface area contributed by atoms with Crippen molar-refractivity contribution in [1.29, 1.82) is 0 Å². The molecule has 26 heavy (non-hydrogen) atoms. The minimum Gasteiger partial charge on any atom is -0.449 e. The third-order valence-electron chi connectivity index (χ3n) is 3.73. The van der Waals surface area contributed by atoms with Crippen LogP contribution in [0.5, 0.6) is 0 Å². The fourth-order valence-electron chi connectivity index (χ4n) is 2.40. The van der Waals surface area contributed by atoms with E-state index in [0.29, 0.717) is 16.9 Å². The average Bonchev–Trinajstić information content (AvgIpc) is 2.55. The first kappa shape index (κ1) is 19.2. The Morgan fingerprint density at radius 1 is 0.923 bits per heavy atom. The fourth-order valence-corrected chi connectivity index (χ4v) is 2.40. The van der Waals surface area contributed by atoms with Gasteiger partial charge >= 0.3 is 5.97 Å². The summed E-state index contributed by atoms with van der Waals surface area (Å²) in [5, 5.41) is 5.31. The molecule has 0 aliphatic carbocycles. The van der Waals surface area contributed by atoms with Gasteiger partial charge in [-0.2, -0.15) is 0 Å². The van der Waals surface area contributed by atoms with Gasteiger partial charge < -0.3 is 15.4 Å². The first-order valence-electron chi connectivity index (χ1n) is 8.23. The molecule has 2 N–H and O–H groups in total. The number of esters is 1. The summed E-state index contributed by atoms with van der Waals surface area (Å²) in [6.45, 7) is 6.70. The molecular formula is C20H22N2O4. The van der Waals surface area contributed by atoms with Gasteiger partial charge in [-0.25, -0.2) is 4.79 Å². The SMILES string of the molecule is CC(=O)Nc1ccc(NC(=O)[C@H](C)OC(=O)c2ccc(C)cc2C)cc1. The third-order valence-corrected chi connectivity index (χ3v) is 3.73. The number of hydrogen-bond acceptors (Lipinski definition) is 4. The molecule has 6 nitrogen and oxygen atoms in total. The van der Waals surface area contributed by atoms with Crippen molar-refractivity contribution in [3.8, 4) is 0 Å². The number of anilines is 2. The number of benzene rings is 2. The van der Waals surface area contributed by atoms with Crippen molar-refractivity contribution in [2.24, 2.45) is 0 Å². The Labute approximate surface area is 152 Å². The summed E-state index contributed by atoms with van der Waals surface area (Å²) in [6.07, 6.45) is -0.946. The molecule has 2 aromatic rings. The van der Waals surface area contributed by atoms with Crippen LogP contribution in [-0.4, -0.2) is 23.9 Å². The minimum absolute atomic E-state index is 0.172. The maximum atomic E-state index is 12.2. The lowest BCUT2D eigenvalue weighted by molar-refractivity contribution is -0.123.